The Hall–Kier alpha value is -1.07. The van der Waals surface area contributed by atoms with Crippen LogP contribution < -0.4 is 0 Å². The van der Waals surface area contributed by atoms with Crippen LogP contribution in [0, 0.1) is 0 Å². The van der Waals surface area contributed by atoms with Crippen molar-refractivity contribution >= 4 is 6.09 Å². The number of amides is 1. The highest BCUT2D eigenvalue weighted by Crippen LogP contribution is 2.03. The van der Waals surface area contributed by atoms with E-state index in [2.05, 4.69) is 6.58 Å². The minimum Gasteiger partial charge on any atom is -0.450 e. The first-order chi connectivity index (χ1) is 7.54. The number of nitrogens with zero attached hydrogens (tertiary/aromatic N) is 1. The van der Waals surface area contributed by atoms with Crippen LogP contribution in [-0.4, -0.2) is 51.2 Å². The number of hydrogen-bond acceptors (Lipinski definition) is 4. The minimum absolute atomic E-state index is 0.318. The molecule has 5 nitrogen and oxygen atoms in total. The summed E-state index contributed by atoms with van der Waals surface area (Å²) in [5.41, 5.74) is 0.874. The maximum absolute atomic E-state index is 11.6. The van der Waals surface area contributed by atoms with E-state index in [1.54, 1.807) is 6.92 Å². The van der Waals surface area contributed by atoms with Crippen LogP contribution in [0.4, 0.5) is 4.79 Å². The Balaban J connectivity index is 4.40. The zero-order chi connectivity index (χ0) is 12.6. The molecular weight excluding hydrogens is 210 g/mol. The second-order valence-electron chi connectivity index (χ2n) is 3.44. The lowest BCUT2D eigenvalue weighted by Crippen LogP contribution is -2.40. The average Bonchev–Trinajstić information content (AvgIpc) is 2.23. The van der Waals surface area contributed by atoms with Crippen molar-refractivity contribution in [2.45, 2.75) is 20.1 Å². The minimum atomic E-state index is -0.455. The zero-order valence-electron chi connectivity index (χ0n) is 10.5. The lowest BCUT2D eigenvalue weighted by atomic mass is 10.3. The Morgan fingerprint density at radius 1 is 1.38 bits per heavy atom. The van der Waals surface area contributed by atoms with Gasteiger partial charge in [0.25, 0.3) is 0 Å². The van der Waals surface area contributed by atoms with Gasteiger partial charge in [-0.3, -0.25) is 4.90 Å². The Morgan fingerprint density at radius 2 is 1.94 bits per heavy atom. The second kappa shape index (κ2) is 8.13. The smallest absolute Gasteiger partial charge is 0.410 e. The number of carbonyl (C=O) groups is 1. The highest BCUT2D eigenvalue weighted by Gasteiger charge is 2.19. The van der Waals surface area contributed by atoms with Gasteiger partial charge in [0.15, 0.2) is 6.29 Å². The van der Waals surface area contributed by atoms with Crippen LogP contribution in [-0.2, 0) is 14.2 Å². The van der Waals surface area contributed by atoms with Crippen LogP contribution >= 0.6 is 0 Å². The first-order valence-corrected chi connectivity index (χ1v) is 5.16. The number of hydrogen-bond donors (Lipinski definition) is 0. The van der Waals surface area contributed by atoms with Gasteiger partial charge in [-0.1, -0.05) is 12.2 Å². The summed E-state index contributed by atoms with van der Waals surface area (Å²) in [5.74, 6) is 0. The van der Waals surface area contributed by atoms with E-state index in [4.69, 9.17) is 14.2 Å². The van der Waals surface area contributed by atoms with E-state index in [0.717, 1.165) is 5.57 Å². The number of methoxy groups -OCH3 is 2. The van der Waals surface area contributed by atoms with E-state index in [1.807, 2.05) is 6.92 Å². The van der Waals surface area contributed by atoms with Crippen molar-refractivity contribution in [2.75, 3.05) is 33.9 Å². The quantitative estimate of drug-likeness (QED) is 0.493. The molecule has 0 bridgehead atoms. The highest BCUT2D eigenvalue weighted by molar-refractivity contribution is 5.67. The van der Waals surface area contributed by atoms with Crippen molar-refractivity contribution in [1.82, 2.24) is 4.90 Å². The summed E-state index contributed by atoms with van der Waals surface area (Å²) in [4.78, 5) is 13.1. The Morgan fingerprint density at radius 3 is 2.31 bits per heavy atom. The van der Waals surface area contributed by atoms with Crippen molar-refractivity contribution in [1.29, 1.82) is 0 Å². The molecule has 0 heterocycles. The van der Waals surface area contributed by atoms with Gasteiger partial charge in [-0.2, -0.15) is 0 Å². The Kier molecular flexibility index (Phi) is 7.58. The maximum atomic E-state index is 11.6. The maximum Gasteiger partial charge on any atom is 0.410 e. The van der Waals surface area contributed by atoms with Gasteiger partial charge in [0, 0.05) is 20.8 Å². The summed E-state index contributed by atoms with van der Waals surface area (Å²) in [5, 5.41) is 0. The highest BCUT2D eigenvalue weighted by atomic mass is 16.7. The molecule has 1 amide bonds. The van der Waals surface area contributed by atoms with Gasteiger partial charge in [-0.15, -0.1) is 0 Å². The molecule has 0 aliphatic heterocycles. The fourth-order valence-electron chi connectivity index (χ4n) is 1.17. The largest absolute Gasteiger partial charge is 0.450 e. The molecule has 0 rings (SSSR count). The molecule has 0 saturated heterocycles. The standard InChI is InChI=1S/C11H21NO4/c1-6-16-11(13)12(7-9(2)3)8-10(14-4)15-5/h10H,2,6-8H2,1,3-5H3. The fraction of sp³-hybridized carbons (Fsp3) is 0.727. The third-order valence-electron chi connectivity index (χ3n) is 1.88. The van der Waals surface area contributed by atoms with Crippen LogP contribution in [0.1, 0.15) is 13.8 Å². The Bertz CT molecular complexity index is 226. The molecule has 0 spiro atoms. The monoisotopic (exact) mass is 231 g/mol. The third-order valence-corrected chi connectivity index (χ3v) is 1.88. The van der Waals surface area contributed by atoms with E-state index < -0.39 is 6.29 Å². The van der Waals surface area contributed by atoms with Crippen LogP contribution in [0.25, 0.3) is 0 Å². The van der Waals surface area contributed by atoms with E-state index >= 15 is 0 Å². The lowest BCUT2D eigenvalue weighted by Gasteiger charge is -2.25. The molecule has 0 fully saturated rings. The molecule has 5 heteroatoms. The van der Waals surface area contributed by atoms with Crippen molar-refractivity contribution in [2.24, 2.45) is 0 Å². The van der Waals surface area contributed by atoms with Gasteiger partial charge in [-0.05, 0) is 13.8 Å². The molecular formula is C11H21NO4. The van der Waals surface area contributed by atoms with E-state index in [-0.39, 0.29) is 6.09 Å². The molecule has 0 saturated carbocycles. The third kappa shape index (κ3) is 5.72. The summed E-state index contributed by atoms with van der Waals surface area (Å²) < 4.78 is 15.0. The average molecular weight is 231 g/mol. The zero-order valence-corrected chi connectivity index (χ0v) is 10.5. The summed E-state index contributed by atoms with van der Waals surface area (Å²) in [6.45, 7) is 8.47. The molecule has 0 radical (unpaired) electrons. The summed E-state index contributed by atoms with van der Waals surface area (Å²) in [7, 11) is 3.05. The fourth-order valence-corrected chi connectivity index (χ4v) is 1.17. The molecule has 0 aromatic heterocycles. The van der Waals surface area contributed by atoms with Crippen molar-refractivity contribution in [3.63, 3.8) is 0 Å². The molecule has 0 atom stereocenters. The molecule has 0 aliphatic carbocycles. The van der Waals surface area contributed by atoms with Crippen LogP contribution in [0.15, 0.2) is 12.2 Å². The van der Waals surface area contributed by atoms with Gasteiger partial charge < -0.3 is 14.2 Å². The number of ether oxygens (including phenoxy) is 3. The number of rotatable bonds is 7. The lowest BCUT2D eigenvalue weighted by molar-refractivity contribution is -0.112. The molecule has 94 valence electrons. The second-order valence-corrected chi connectivity index (χ2v) is 3.44. The van der Waals surface area contributed by atoms with E-state index in [0.29, 0.717) is 19.7 Å². The van der Waals surface area contributed by atoms with Crippen molar-refractivity contribution in [3.8, 4) is 0 Å². The van der Waals surface area contributed by atoms with Crippen molar-refractivity contribution < 1.29 is 19.0 Å². The predicted molar refractivity (Wildman–Crippen MR) is 61.2 cm³/mol. The summed E-state index contributed by atoms with van der Waals surface area (Å²) in [6.07, 6.45) is -0.839. The Labute approximate surface area is 97.0 Å². The molecule has 0 aromatic rings. The topological polar surface area (TPSA) is 48.0 Å². The molecule has 0 unspecified atom stereocenters. The molecule has 16 heavy (non-hydrogen) atoms. The van der Waals surface area contributed by atoms with Gasteiger partial charge in [0.05, 0.1) is 13.2 Å². The molecule has 0 N–H and O–H groups in total. The number of carbonyl (C=O) groups excluding carboxylic acids is 1. The van der Waals surface area contributed by atoms with Crippen LogP contribution in [0.2, 0.25) is 0 Å². The first kappa shape index (κ1) is 14.9. The van der Waals surface area contributed by atoms with Gasteiger partial charge in [-0.25, -0.2) is 4.79 Å². The van der Waals surface area contributed by atoms with Crippen molar-refractivity contribution in [3.05, 3.63) is 12.2 Å². The van der Waals surface area contributed by atoms with Crippen LogP contribution in [0.5, 0.6) is 0 Å². The first-order valence-electron chi connectivity index (χ1n) is 5.16. The predicted octanol–water partition coefficient (Wildman–Crippen LogP) is 1.64. The van der Waals surface area contributed by atoms with Gasteiger partial charge in [0.1, 0.15) is 0 Å². The van der Waals surface area contributed by atoms with Gasteiger partial charge in [0.2, 0.25) is 0 Å². The molecule has 0 aliphatic rings. The summed E-state index contributed by atoms with van der Waals surface area (Å²) in [6, 6.07) is 0. The van der Waals surface area contributed by atoms with Gasteiger partial charge >= 0.3 is 6.09 Å². The van der Waals surface area contributed by atoms with E-state index in [9.17, 15) is 4.79 Å². The SMILES string of the molecule is C=C(C)CN(CC(OC)OC)C(=O)OCC. The molecule has 0 aromatic carbocycles. The normalized spacial score (nSPS) is 10.3. The van der Waals surface area contributed by atoms with Crippen LogP contribution in [0.3, 0.4) is 0 Å². The van der Waals surface area contributed by atoms with E-state index in [1.165, 1.54) is 19.1 Å². The summed E-state index contributed by atoms with van der Waals surface area (Å²) >= 11 is 0.